The van der Waals surface area contributed by atoms with Gasteiger partial charge in [-0.15, -0.1) is 11.8 Å². The van der Waals surface area contributed by atoms with Gasteiger partial charge in [0.05, 0.1) is 5.88 Å². The zero-order valence-corrected chi connectivity index (χ0v) is 6.03. The van der Waals surface area contributed by atoms with Crippen LogP contribution in [0.5, 0.6) is 0 Å². The number of nitrogens with zero attached hydrogens (tertiary/aromatic N) is 1. The monoisotopic (exact) mass is 139 g/mol. The Morgan fingerprint density at radius 3 is 3.44 bits per heavy atom. The maximum atomic E-state index is 2.31. The molecule has 2 rings (SSSR count). The Hall–Kier alpha value is -0.370. The van der Waals surface area contributed by atoms with E-state index in [0.29, 0.717) is 0 Å². The lowest BCUT2D eigenvalue weighted by Gasteiger charge is -2.19. The van der Waals surface area contributed by atoms with E-state index in [1.54, 1.807) is 0 Å². The van der Waals surface area contributed by atoms with E-state index >= 15 is 0 Å². The van der Waals surface area contributed by atoms with E-state index in [0.717, 1.165) is 5.88 Å². The van der Waals surface area contributed by atoms with Crippen LogP contribution >= 0.6 is 11.8 Å². The molecule has 0 amide bonds. The molecule has 0 saturated heterocycles. The molecule has 0 radical (unpaired) electrons. The molecule has 9 heavy (non-hydrogen) atoms. The third-order valence-electron chi connectivity index (χ3n) is 1.65. The number of hydrogen-bond acceptors (Lipinski definition) is 2. The molecule has 0 N–H and O–H groups in total. The van der Waals surface area contributed by atoms with Crippen LogP contribution in [0.4, 0.5) is 0 Å². The van der Waals surface area contributed by atoms with Crippen molar-refractivity contribution in [3.8, 4) is 0 Å². The Kier molecular flexibility index (Phi) is 1.27. The first-order chi connectivity index (χ1) is 4.47. The Morgan fingerprint density at radius 2 is 2.56 bits per heavy atom. The molecule has 2 heteroatoms. The zero-order valence-electron chi connectivity index (χ0n) is 5.21. The lowest BCUT2D eigenvalue weighted by atomic mass is 10.2. The van der Waals surface area contributed by atoms with Gasteiger partial charge in [-0.3, -0.25) is 0 Å². The Morgan fingerprint density at radius 1 is 1.56 bits per heavy atom. The smallest absolute Gasteiger partial charge is 0.0720 e. The fourth-order valence-corrected chi connectivity index (χ4v) is 2.07. The van der Waals surface area contributed by atoms with Gasteiger partial charge in [0.15, 0.2) is 0 Å². The Labute approximate surface area is 59.4 Å². The number of hydrogen-bond donors (Lipinski definition) is 0. The first kappa shape index (κ1) is 5.42. The molecular weight excluding hydrogens is 130 g/mol. The second kappa shape index (κ2) is 2.10. The summed E-state index contributed by atoms with van der Waals surface area (Å²) in [6.45, 7) is 0. The van der Waals surface area contributed by atoms with Crippen LogP contribution in [0.3, 0.4) is 0 Å². The highest BCUT2D eigenvalue weighted by Crippen LogP contribution is 2.29. The van der Waals surface area contributed by atoms with Gasteiger partial charge in [0, 0.05) is 11.9 Å². The van der Waals surface area contributed by atoms with Crippen molar-refractivity contribution in [2.24, 2.45) is 0 Å². The number of allylic oxidation sites excluding steroid dienone is 2. The summed E-state index contributed by atoms with van der Waals surface area (Å²) in [5.41, 5.74) is 1.50. The molecule has 2 heterocycles. The zero-order chi connectivity index (χ0) is 6.10. The highest BCUT2D eigenvalue weighted by Gasteiger charge is 2.14. The van der Waals surface area contributed by atoms with Crippen LogP contribution in [-0.2, 0) is 0 Å². The number of fused-ring (bicyclic) bond motifs is 1. The molecule has 0 aromatic carbocycles. The topological polar surface area (TPSA) is 3.24 Å². The third kappa shape index (κ3) is 0.874. The van der Waals surface area contributed by atoms with Crippen LogP contribution in [0.1, 0.15) is 12.8 Å². The summed E-state index contributed by atoms with van der Waals surface area (Å²) in [5.74, 6) is 1.13. The highest BCUT2D eigenvalue weighted by molar-refractivity contribution is 8.02. The van der Waals surface area contributed by atoms with Gasteiger partial charge >= 0.3 is 0 Å². The maximum absolute atomic E-state index is 2.31. The summed E-state index contributed by atoms with van der Waals surface area (Å²) in [6, 6.07) is 0. The summed E-state index contributed by atoms with van der Waals surface area (Å²) < 4.78 is 0. The molecule has 1 nitrogen and oxygen atoms in total. The van der Waals surface area contributed by atoms with Gasteiger partial charge in [-0.2, -0.15) is 0 Å². The van der Waals surface area contributed by atoms with Crippen LogP contribution in [0.25, 0.3) is 0 Å². The molecule has 0 fully saturated rings. The van der Waals surface area contributed by atoms with Crippen LogP contribution in [0.2, 0.25) is 0 Å². The molecule has 0 aliphatic carbocycles. The molecule has 0 unspecified atom stereocenters. The molecule has 0 spiro atoms. The van der Waals surface area contributed by atoms with Crippen molar-refractivity contribution in [2.75, 3.05) is 5.88 Å². The molecular formula is C7H9NS. The van der Waals surface area contributed by atoms with Gasteiger partial charge in [-0.05, 0) is 18.2 Å². The van der Waals surface area contributed by atoms with Gasteiger partial charge in [-0.1, -0.05) is 6.08 Å². The standard InChI is InChI=1S/C7H9NS/c1-2-4-8-6-9-5-7(8)3-1/h2,4-5H,1,3,6H2. The summed E-state index contributed by atoms with van der Waals surface area (Å²) in [4.78, 5) is 2.31. The molecule has 0 atom stereocenters. The van der Waals surface area contributed by atoms with Gasteiger partial charge in [-0.25, -0.2) is 0 Å². The second-order valence-electron chi connectivity index (χ2n) is 2.30. The van der Waals surface area contributed by atoms with E-state index in [9.17, 15) is 0 Å². The number of rotatable bonds is 0. The lowest BCUT2D eigenvalue weighted by molar-refractivity contribution is 0.510. The van der Waals surface area contributed by atoms with Gasteiger partial charge in [0.2, 0.25) is 0 Å². The quantitative estimate of drug-likeness (QED) is 0.506. The molecule has 0 bridgehead atoms. The minimum absolute atomic E-state index is 1.13. The van der Waals surface area contributed by atoms with E-state index in [-0.39, 0.29) is 0 Å². The van der Waals surface area contributed by atoms with Crippen LogP contribution in [-0.4, -0.2) is 10.8 Å². The van der Waals surface area contributed by atoms with E-state index in [1.165, 1.54) is 18.5 Å². The van der Waals surface area contributed by atoms with E-state index < -0.39 is 0 Å². The van der Waals surface area contributed by atoms with Crippen molar-refractivity contribution in [2.45, 2.75) is 12.8 Å². The summed E-state index contributed by atoms with van der Waals surface area (Å²) in [5, 5.41) is 2.27. The van der Waals surface area contributed by atoms with Gasteiger partial charge < -0.3 is 4.90 Å². The van der Waals surface area contributed by atoms with Crippen LogP contribution in [0.15, 0.2) is 23.4 Å². The summed E-state index contributed by atoms with van der Waals surface area (Å²) in [7, 11) is 0. The highest BCUT2D eigenvalue weighted by atomic mass is 32.2. The van der Waals surface area contributed by atoms with Crippen LogP contribution in [0, 0.1) is 0 Å². The fraction of sp³-hybridized carbons (Fsp3) is 0.429. The maximum Gasteiger partial charge on any atom is 0.0720 e. The Balaban J connectivity index is 2.23. The average molecular weight is 139 g/mol. The van der Waals surface area contributed by atoms with Crippen LogP contribution < -0.4 is 0 Å². The van der Waals surface area contributed by atoms with Crippen molar-refractivity contribution in [1.82, 2.24) is 4.90 Å². The summed E-state index contributed by atoms with van der Waals surface area (Å²) in [6.07, 6.45) is 6.89. The SMILES string of the molecule is C1=CN2CSC=C2CC1. The Bertz CT molecular complexity index is 172. The normalized spacial score (nSPS) is 24.0. The van der Waals surface area contributed by atoms with Crippen molar-refractivity contribution < 1.29 is 0 Å². The first-order valence-electron chi connectivity index (χ1n) is 3.21. The third-order valence-corrected chi connectivity index (χ3v) is 2.52. The van der Waals surface area contributed by atoms with Crippen molar-refractivity contribution in [1.29, 1.82) is 0 Å². The summed E-state index contributed by atoms with van der Waals surface area (Å²) >= 11 is 1.89. The van der Waals surface area contributed by atoms with Gasteiger partial charge in [0.25, 0.3) is 0 Å². The second-order valence-corrected chi connectivity index (χ2v) is 3.13. The molecule has 0 aromatic heterocycles. The average Bonchev–Trinajstić information content (AvgIpc) is 2.33. The number of thioether (sulfide) groups is 1. The van der Waals surface area contributed by atoms with E-state index in [2.05, 4.69) is 22.6 Å². The minimum Gasteiger partial charge on any atom is -0.341 e. The largest absolute Gasteiger partial charge is 0.341 e. The van der Waals surface area contributed by atoms with E-state index in [1.807, 2.05) is 11.8 Å². The lowest BCUT2D eigenvalue weighted by Crippen LogP contribution is -2.13. The van der Waals surface area contributed by atoms with E-state index in [4.69, 9.17) is 0 Å². The fourth-order valence-electron chi connectivity index (χ4n) is 1.14. The molecule has 48 valence electrons. The van der Waals surface area contributed by atoms with Gasteiger partial charge in [0.1, 0.15) is 0 Å². The molecule has 2 aliphatic heterocycles. The molecule has 0 saturated carbocycles. The van der Waals surface area contributed by atoms with Crippen molar-refractivity contribution in [3.63, 3.8) is 0 Å². The van der Waals surface area contributed by atoms with Crippen molar-refractivity contribution in [3.05, 3.63) is 23.4 Å². The predicted octanol–water partition coefficient (Wildman–Crippen LogP) is 2.14. The minimum atomic E-state index is 1.13. The molecule has 2 aliphatic rings. The van der Waals surface area contributed by atoms with Crippen molar-refractivity contribution >= 4 is 11.8 Å². The predicted molar refractivity (Wildman–Crippen MR) is 40.8 cm³/mol. The first-order valence-corrected chi connectivity index (χ1v) is 4.25. The molecule has 0 aromatic rings.